The lowest BCUT2D eigenvalue weighted by Gasteiger charge is -2.09. The normalized spacial score (nSPS) is 15.0. The third-order valence-electron chi connectivity index (χ3n) is 3.38. The quantitative estimate of drug-likeness (QED) is 0.700. The lowest BCUT2D eigenvalue weighted by Crippen LogP contribution is -2.20. The predicted molar refractivity (Wildman–Crippen MR) is 106 cm³/mol. The number of imide groups is 1. The summed E-state index contributed by atoms with van der Waals surface area (Å²) >= 11 is 12.8. The van der Waals surface area contributed by atoms with Gasteiger partial charge in [-0.15, -0.1) is 0 Å². The van der Waals surface area contributed by atoms with Gasteiger partial charge in [0.25, 0.3) is 17.1 Å². The maximum absolute atomic E-state index is 11.9. The van der Waals surface area contributed by atoms with E-state index in [2.05, 4.69) is 10.6 Å². The second-order valence-corrected chi connectivity index (χ2v) is 7.24. The smallest absolute Gasteiger partial charge is 0.290 e. The topological polar surface area (TPSA) is 84.5 Å². The molecule has 0 aromatic heterocycles. The van der Waals surface area contributed by atoms with E-state index < -0.39 is 11.1 Å². The van der Waals surface area contributed by atoms with Gasteiger partial charge in [-0.25, -0.2) is 0 Å². The molecule has 0 spiro atoms. The van der Waals surface area contributed by atoms with Gasteiger partial charge in [0, 0.05) is 10.7 Å². The van der Waals surface area contributed by atoms with Crippen LogP contribution in [0.4, 0.5) is 10.5 Å². The second-order valence-electron chi connectivity index (χ2n) is 5.39. The van der Waals surface area contributed by atoms with Crippen LogP contribution in [0.15, 0.2) is 47.4 Å². The summed E-state index contributed by atoms with van der Waals surface area (Å²) in [7, 11) is 0. The van der Waals surface area contributed by atoms with E-state index in [9.17, 15) is 14.4 Å². The Labute approximate surface area is 168 Å². The van der Waals surface area contributed by atoms with Crippen molar-refractivity contribution in [1.82, 2.24) is 5.32 Å². The molecule has 2 N–H and O–H groups in total. The highest BCUT2D eigenvalue weighted by Crippen LogP contribution is 2.29. The minimum atomic E-state index is -0.444. The average molecular weight is 423 g/mol. The van der Waals surface area contributed by atoms with Gasteiger partial charge in [0.2, 0.25) is 0 Å². The average Bonchev–Trinajstić information content (AvgIpc) is 2.93. The summed E-state index contributed by atoms with van der Waals surface area (Å²) in [5.41, 5.74) is 1.23. The first-order valence-electron chi connectivity index (χ1n) is 7.63. The van der Waals surface area contributed by atoms with Crippen molar-refractivity contribution in [1.29, 1.82) is 0 Å². The Bertz CT molecular complexity index is 945. The summed E-state index contributed by atoms with van der Waals surface area (Å²) in [5, 5.41) is 5.29. The molecular weight excluding hydrogens is 411 g/mol. The summed E-state index contributed by atoms with van der Waals surface area (Å²) in [6.07, 6.45) is 1.55. The van der Waals surface area contributed by atoms with E-state index in [0.29, 0.717) is 22.0 Å². The zero-order chi connectivity index (χ0) is 19.4. The van der Waals surface area contributed by atoms with Crippen LogP contribution in [0.2, 0.25) is 10.0 Å². The third kappa shape index (κ3) is 5.26. The van der Waals surface area contributed by atoms with Crippen molar-refractivity contribution in [2.24, 2.45) is 0 Å². The van der Waals surface area contributed by atoms with Crippen LogP contribution >= 0.6 is 35.0 Å². The van der Waals surface area contributed by atoms with E-state index in [1.165, 1.54) is 0 Å². The van der Waals surface area contributed by atoms with Crippen LogP contribution in [-0.2, 0) is 9.59 Å². The molecule has 2 aromatic rings. The van der Waals surface area contributed by atoms with Crippen molar-refractivity contribution >= 4 is 63.8 Å². The Balaban J connectivity index is 1.60. The number of rotatable bonds is 5. The van der Waals surface area contributed by atoms with Crippen LogP contribution in [0.3, 0.4) is 0 Å². The molecule has 0 saturated carbocycles. The number of hydrogen-bond donors (Lipinski definition) is 2. The molecule has 0 unspecified atom stereocenters. The number of benzene rings is 2. The first-order chi connectivity index (χ1) is 12.9. The zero-order valence-electron chi connectivity index (χ0n) is 13.6. The van der Waals surface area contributed by atoms with Gasteiger partial charge in [0.15, 0.2) is 6.61 Å². The Morgan fingerprint density at radius 1 is 1.15 bits per heavy atom. The number of anilines is 1. The summed E-state index contributed by atoms with van der Waals surface area (Å²) in [4.78, 5) is 35.0. The molecule has 0 atom stereocenters. The highest BCUT2D eigenvalue weighted by molar-refractivity contribution is 8.18. The SMILES string of the molecule is O=C(COc1ccc(/C=C2\SC(=O)NC2=O)cc1Cl)Nc1ccc(Cl)cc1. The van der Waals surface area contributed by atoms with E-state index in [4.69, 9.17) is 27.9 Å². The molecule has 1 aliphatic heterocycles. The minimum Gasteiger partial charge on any atom is -0.482 e. The summed E-state index contributed by atoms with van der Waals surface area (Å²) in [6, 6.07) is 11.5. The van der Waals surface area contributed by atoms with Crippen molar-refractivity contribution in [2.75, 3.05) is 11.9 Å². The van der Waals surface area contributed by atoms with Crippen molar-refractivity contribution in [3.05, 3.63) is 63.0 Å². The number of halogens is 2. The first kappa shape index (κ1) is 19.3. The fourth-order valence-electron chi connectivity index (χ4n) is 2.17. The number of nitrogens with one attached hydrogen (secondary N) is 2. The first-order valence-corrected chi connectivity index (χ1v) is 9.20. The fourth-order valence-corrected chi connectivity index (χ4v) is 3.22. The van der Waals surface area contributed by atoms with Gasteiger partial charge in [0.05, 0.1) is 9.93 Å². The highest BCUT2D eigenvalue weighted by atomic mass is 35.5. The van der Waals surface area contributed by atoms with Crippen molar-refractivity contribution in [3.63, 3.8) is 0 Å². The fraction of sp³-hybridized carbons (Fsp3) is 0.0556. The lowest BCUT2D eigenvalue weighted by atomic mass is 10.2. The van der Waals surface area contributed by atoms with Crippen LogP contribution in [0, 0.1) is 0 Å². The molecule has 2 aromatic carbocycles. The van der Waals surface area contributed by atoms with Gasteiger partial charge in [-0.1, -0.05) is 29.3 Å². The van der Waals surface area contributed by atoms with Crippen LogP contribution in [0.1, 0.15) is 5.56 Å². The van der Waals surface area contributed by atoms with Gasteiger partial charge in [0.1, 0.15) is 5.75 Å². The number of amides is 3. The van der Waals surface area contributed by atoms with Crippen molar-refractivity contribution in [3.8, 4) is 5.75 Å². The van der Waals surface area contributed by atoms with Gasteiger partial charge >= 0.3 is 0 Å². The lowest BCUT2D eigenvalue weighted by molar-refractivity contribution is -0.118. The summed E-state index contributed by atoms with van der Waals surface area (Å²) in [5.74, 6) is -0.470. The van der Waals surface area contributed by atoms with Crippen LogP contribution in [0.25, 0.3) is 6.08 Å². The zero-order valence-corrected chi connectivity index (χ0v) is 16.0. The molecule has 1 heterocycles. The number of carbonyl (C=O) groups is 3. The molecule has 9 heteroatoms. The second kappa shape index (κ2) is 8.47. The Hall–Kier alpha value is -2.48. The molecule has 1 fully saturated rings. The van der Waals surface area contributed by atoms with Crippen molar-refractivity contribution in [2.45, 2.75) is 0 Å². The summed E-state index contributed by atoms with van der Waals surface area (Å²) in [6.45, 7) is -0.227. The Kier molecular flexibility index (Phi) is 6.05. The van der Waals surface area contributed by atoms with E-state index >= 15 is 0 Å². The molecule has 0 radical (unpaired) electrons. The van der Waals surface area contributed by atoms with E-state index in [-0.39, 0.29) is 22.4 Å². The highest BCUT2D eigenvalue weighted by Gasteiger charge is 2.25. The Morgan fingerprint density at radius 2 is 1.89 bits per heavy atom. The standard InChI is InChI=1S/C18H12Cl2N2O4S/c19-11-2-4-12(5-3-11)21-16(23)9-26-14-6-1-10(7-13(14)20)8-15-17(24)22-18(25)27-15/h1-8H,9H2,(H,21,23)(H,22,24,25)/b15-8-. The largest absolute Gasteiger partial charge is 0.482 e. The molecular formula is C18H12Cl2N2O4S. The van der Waals surface area contributed by atoms with E-state index in [1.807, 2.05) is 0 Å². The monoisotopic (exact) mass is 422 g/mol. The van der Waals surface area contributed by atoms with Crippen LogP contribution < -0.4 is 15.4 Å². The number of thioether (sulfide) groups is 1. The maximum atomic E-state index is 11.9. The molecule has 138 valence electrons. The molecule has 1 aliphatic rings. The molecule has 0 bridgehead atoms. The molecule has 27 heavy (non-hydrogen) atoms. The van der Waals surface area contributed by atoms with Gasteiger partial charge in [-0.2, -0.15) is 0 Å². The molecule has 3 amide bonds. The van der Waals surface area contributed by atoms with E-state index in [1.54, 1.807) is 48.5 Å². The number of carbonyl (C=O) groups excluding carboxylic acids is 3. The Morgan fingerprint density at radius 3 is 2.52 bits per heavy atom. The van der Waals surface area contributed by atoms with Gasteiger partial charge in [-0.05, 0) is 59.8 Å². The van der Waals surface area contributed by atoms with Crippen LogP contribution in [0.5, 0.6) is 5.75 Å². The maximum Gasteiger partial charge on any atom is 0.290 e. The van der Waals surface area contributed by atoms with E-state index in [0.717, 1.165) is 11.8 Å². The van der Waals surface area contributed by atoms with Gasteiger partial charge < -0.3 is 10.1 Å². The number of ether oxygens (including phenoxy) is 1. The third-order valence-corrected chi connectivity index (χ3v) is 4.74. The predicted octanol–water partition coefficient (Wildman–Crippen LogP) is 4.33. The minimum absolute atomic E-state index is 0.227. The molecule has 0 aliphatic carbocycles. The van der Waals surface area contributed by atoms with Gasteiger partial charge in [-0.3, -0.25) is 19.7 Å². The number of hydrogen-bond acceptors (Lipinski definition) is 5. The van der Waals surface area contributed by atoms with Crippen LogP contribution in [-0.4, -0.2) is 23.7 Å². The summed E-state index contributed by atoms with van der Waals surface area (Å²) < 4.78 is 5.43. The van der Waals surface area contributed by atoms with Crippen molar-refractivity contribution < 1.29 is 19.1 Å². The molecule has 3 rings (SSSR count). The molecule has 1 saturated heterocycles. The molecule has 6 nitrogen and oxygen atoms in total.